The average Bonchev–Trinajstić information content (AvgIpc) is 3.25. The second kappa shape index (κ2) is 9.31. The number of rotatable bonds is 4. The van der Waals surface area contributed by atoms with Crippen molar-refractivity contribution in [3.05, 3.63) is 35.6 Å². The van der Waals surface area contributed by atoms with Gasteiger partial charge in [-0.05, 0) is 56.8 Å². The summed E-state index contributed by atoms with van der Waals surface area (Å²) in [4.78, 5) is 33.1. The van der Waals surface area contributed by atoms with Crippen LogP contribution in [-0.4, -0.2) is 90.1 Å². The first kappa shape index (κ1) is 22.7. The van der Waals surface area contributed by atoms with Gasteiger partial charge in [-0.3, -0.25) is 19.4 Å². The van der Waals surface area contributed by atoms with Crippen LogP contribution < -0.4 is 5.32 Å². The second-order valence-corrected chi connectivity index (χ2v) is 10.3. The normalized spacial score (nSPS) is 28.8. The number of nitrogens with zero attached hydrogens (tertiary/aromatic N) is 3. The molecular formula is C25H35FN4O3. The van der Waals surface area contributed by atoms with E-state index in [0.29, 0.717) is 25.4 Å². The van der Waals surface area contributed by atoms with Crippen LogP contribution in [0.25, 0.3) is 0 Å². The van der Waals surface area contributed by atoms with Gasteiger partial charge in [0, 0.05) is 51.5 Å². The van der Waals surface area contributed by atoms with Crippen LogP contribution in [0.1, 0.15) is 44.1 Å². The molecule has 0 radical (unpaired) electrons. The van der Waals surface area contributed by atoms with Crippen LogP contribution in [-0.2, 0) is 20.9 Å². The van der Waals surface area contributed by atoms with Gasteiger partial charge in [-0.2, -0.15) is 0 Å². The number of carbonyl (C=O) groups excluding carboxylic acids is 2. The van der Waals surface area contributed by atoms with Crippen molar-refractivity contribution in [3.63, 3.8) is 0 Å². The van der Waals surface area contributed by atoms with Crippen LogP contribution in [0, 0.1) is 5.82 Å². The SMILES string of the molecule is CN(C1CCOCC1)[C@H]1C[C@H]2C(=O)NC3(CCN(Cc4ccc(F)cc4)CC3)CC(=O)N2C1. The van der Waals surface area contributed by atoms with Gasteiger partial charge in [0.05, 0.1) is 12.0 Å². The first-order valence-electron chi connectivity index (χ1n) is 12.3. The minimum atomic E-state index is -0.445. The molecule has 4 aliphatic rings. The first-order chi connectivity index (χ1) is 15.9. The van der Waals surface area contributed by atoms with Gasteiger partial charge in [0.2, 0.25) is 11.8 Å². The molecule has 180 valence electrons. The number of likely N-dealkylation sites (N-methyl/N-ethyl adjacent to an activating group) is 1. The molecule has 1 N–H and O–H groups in total. The molecule has 33 heavy (non-hydrogen) atoms. The van der Waals surface area contributed by atoms with E-state index in [4.69, 9.17) is 4.74 Å². The zero-order chi connectivity index (χ0) is 23.0. The number of nitrogens with one attached hydrogen (secondary N) is 1. The number of hydrogen-bond donors (Lipinski definition) is 1. The zero-order valence-electron chi connectivity index (χ0n) is 19.5. The molecule has 0 saturated carbocycles. The lowest BCUT2D eigenvalue weighted by Gasteiger charge is -2.41. The lowest BCUT2D eigenvalue weighted by Crippen LogP contribution is -2.56. The number of halogens is 1. The molecule has 7 nitrogen and oxygen atoms in total. The highest BCUT2D eigenvalue weighted by atomic mass is 19.1. The van der Waals surface area contributed by atoms with Gasteiger partial charge in [0.25, 0.3) is 0 Å². The van der Waals surface area contributed by atoms with E-state index in [1.165, 1.54) is 12.1 Å². The lowest BCUT2D eigenvalue weighted by molar-refractivity contribution is -0.135. The Labute approximate surface area is 195 Å². The van der Waals surface area contributed by atoms with Gasteiger partial charge >= 0.3 is 0 Å². The molecular weight excluding hydrogens is 423 g/mol. The number of ether oxygens (including phenoxy) is 1. The Morgan fingerprint density at radius 2 is 1.82 bits per heavy atom. The lowest BCUT2D eigenvalue weighted by atomic mass is 9.84. The van der Waals surface area contributed by atoms with Gasteiger partial charge in [-0.25, -0.2) is 4.39 Å². The molecule has 1 spiro atoms. The van der Waals surface area contributed by atoms with Gasteiger partial charge in [-0.15, -0.1) is 0 Å². The number of carbonyl (C=O) groups is 2. The molecule has 4 saturated heterocycles. The highest BCUT2D eigenvalue weighted by Crippen LogP contribution is 2.34. The Balaban J connectivity index is 1.20. The predicted octanol–water partition coefficient (Wildman–Crippen LogP) is 1.76. The molecule has 8 heteroatoms. The number of piperidine rings is 1. The molecule has 1 aromatic carbocycles. The highest BCUT2D eigenvalue weighted by molar-refractivity contribution is 5.92. The third kappa shape index (κ3) is 4.79. The molecule has 0 aromatic heterocycles. The van der Waals surface area contributed by atoms with Crippen molar-refractivity contribution >= 4 is 11.8 Å². The smallest absolute Gasteiger partial charge is 0.243 e. The van der Waals surface area contributed by atoms with E-state index in [1.54, 1.807) is 0 Å². The van der Waals surface area contributed by atoms with Gasteiger partial charge in [0.1, 0.15) is 11.9 Å². The molecule has 1 aromatic rings. The largest absolute Gasteiger partial charge is 0.381 e. The number of fused-ring (bicyclic) bond motifs is 1. The predicted molar refractivity (Wildman–Crippen MR) is 122 cm³/mol. The van der Waals surface area contributed by atoms with Crippen molar-refractivity contribution in [2.24, 2.45) is 0 Å². The summed E-state index contributed by atoms with van der Waals surface area (Å²) in [6.45, 7) is 4.59. The van der Waals surface area contributed by atoms with Crippen LogP contribution in [0.2, 0.25) is 0 Å². The molecule has 0 bridgehead atoms. The number of benzene rings is 1. The fourth-order valence-electron chi connectivity index (χ4n) is 6.09. The van der Waals surface area contributed by atoms with E-state index < -0.39 is 5.54 Å². The fraction of sp³-hybridized carbons (Fsp3) is 0.680. The topological polar surface area (TPSA) is 65.1 Å². The van der Waals surface area contributed by atoms with E-state index >= 15 is 0 Å². The van der Waals surface area contributed by atoms with Crippen molar-refractivity contribution in [2.45, 2.75) is 68.7 Å². The summed E-state index contributed by atoms with van der Waals surface area (Å²) >= 11 is 0. The summed E-state index contributed by atoms with van der Waals surface area (Å²) in [5.41, 5.74) is 0.633. The molecule has 2 atom stereocenters. The number of hydrogen-bond acceptors (Lipinski definition) is 5. The maximum Gasteiger partial charge on any atom is 0.243 e. The quantitative estimate of drug-likeness (QED) is 0.745. The minimum absolute atomic E-state index is 0.00992. The van der Waals surface area contributed by atoms with Crippen LogP contribution in [0.15, 0.2) is 24.3 Å². The van der Waals surface area contributed by atoms with E-state index in [1.807, 2.05) is 17.0 Å². The van der Waals surface area contributed by atoms with Crippen LogP contribution in [0.4, 0.5) is 4.39 Å². The summed E-state index contributed by atoms with van der Waals surface area (Å²) in [5, 5.41) is 3.31. The summed E-state index contributed by atoms with van der Waals surface area (Å²) in [5.74, 6) is -0.110. The van der Waals surface area contributed by atoms with E-state index in [-0.39, 0.29) is 29.7 Å². The number of likely N-dealkylation sites (tertiary alicyclic amines) is 1. The monoisotopic (exact) mass is 458 g/mol. The summed E-state index contributed by atoms with van der Waals surface area (Å²) < 4.78 is 18.7. The van der Waals surface area contributed by atoms with E-state index in [2.05, 4.69) is 22.2 Å². The van der Waals surface area contributed by atoms with Crippen molar-refractivity contribution in [2.75, 3.05) is 39.9 Å². The first-order valence-corrected chi connectivity index (χ1v) is 12.3. The van der Waals surface area contributed by atoms with Crippen molar-refractivity contribution in [3.8, 4) is 0 Å². The van der Waals surface area contributed by atoms with Gasteiger partial charge < -0.3 is 15.0 Å². The van der Waals surface area contributed by atoms with Crippen LogP contribution >= 0.6 is 0 Å². The maximum atomic E-state index is 13.3. The third-order valence-electron chi connectivity index (χ3n) is 8.26. The molecule has 4 aliphatic heterocycles. The maximum absolute atomic E-state index is 13.3. The van der Waals surface area contributed by atoms with Gasteiger partial charge in [0.15, 0.2) is 0 Å². The van der Waals surface area contributed by atoms with E-state index in [9.17, 15) is 14.0 Å². The van der Waals surface area contributed by atoms with E-state index in [0.717, 1.165) is 64.1 Å². The Morgan fingerprint density at radius 1 is 1.12 bits per heavy atom. The summed E-state index contributed by atoms with van der Waals surface area (Å²) in [6.07, 6.45) is 4.63. The van der Waals surface area contributed by atoms with Crippen LogP contribution in [0.3, 0.4) is 0 Å². The molecule has 0 aliphatic carbocycles. The Morgan fingerprint density at radius 3 is 2.52 bits per heavy atom. The summed E-state index contributed by atoms with van der Waals surface area (Å²) in [6, 6.07) is 6.94. The minimum Gasteiger partial charge on any atom is -0.381 e. The van der Waals surface area contributed by atoms with Crippen molar-refractivity contribution in [1.82, 2.24) is 20.0 Å². The van der Waals surface area contributed by atoms with Crippen molar-refractivity contribution < 1.29 is 18.7 Å². The third-order valence-corrected chi connectivity index (χ3v) is 8.26. The Bertz CT molecular complexity index is 837. The Hall–Kier alpha value is -2.03. The highest BCUT2D eigenvalue weighted by Gasteiger charge is 2.49. The van der Waals surface area contributed by atoms with Crippen LogP contribution in [0.5, 0.6) is 0 Å². The molecule has 2 amide bonds. The van der Waals surface area contributed by atoms with Crippen molar-refractivity contribution in [1.29, 1.82) is 0 Å². The second-order valence-electron chi connectivity index (χ2n) is 10.3. The summed E-state index contributed by atoms with van der Waals surface area (Å²) in [7, 11) is 2.13. The zero-order valence-corrected chi connectivity index (χ0v) is 19.5. The standard InChI is InChI=1S/C25H35FN4O3/c1-28(20-6-12-33-13-7-20)21-14-22-24(32)27-25(15-23(31)30(22)17-21)8-10-29(11-9-25)16-18-2-4-19(26)5-3-18/h2-5,20-22H,6-17H2,1H3,(H,27,32)/t21-,22-/m0/s1. The number of amides is 2. The Kier molecular flexibility index (Phi) is 6.42. The molecule has 4 fully saturated rings. The van der Waals surface area contributed by atoms with Gasteiger partial charge in [-0.1, -0.05) is 12.1 Å². The average molecular weight is 459 g/mol. The molecule has 5 rings (SSSR count). The molecule has 4 heterocycles. The fourth-order valence-corrected chi connectivity index (χ4v) is 6.09. The molecule has 0 unspecified atom stereocenters.